The summed E-state index contributed by atoms with van der Waals surface area (Å²) >= 11 is 0. The summed E-state index contributed by atoms with van der Waals surface area (Å²) in [6, 6.07) is -0.216. The standard InChI is InChI=1S/C18H29N3O3/c1-2-21-16(22)13-15(18(21)24)19-11-7-14(8-12-19)17(23)20-9-5-3-4-6-10-20/h14-15H,2-13H2,1H3/p+1/t15-/m1/s1. The predicted octanol–water partition coefficient (Wildman–Crippen LogP) is -0.169. The van der Waals surface area contributed by atoms with Crippen molar-refractivity contribution in [1.29, 1.82) is 0 Å². The van der Waals surface area contributed by atoms with Crippen LogP contribution in [0.3, 0.4) is 0 Å². The number of imide groups is 1. The van der Waals surface area contributed by atoms with Crippen molar-refractivity contribution in [1.82, 2.24) is 9.80 Å². The number of amides is 3. The minimum absolute atomic E-state index is 0.0187. The summed E-state index contributed by atoms with van der Waals surface area (Å²) in [5.41, 5.74) is 0. The Morgan fingerprint density at radius 1 is 1.08 bits per heavy atom. The van der Waals surface area contributed by atoms with Gasteiger partial charge in [-0.3, -0.25) is 19.3 Å². The fourth-order valence-electron chi connectivity index (χ4n) is 4.47. The summed E-state index contributed by atoms with van der Waals surface area (Å²) in [6.45, 7) is 5.79. The van der Waals surface area contributed by atoms with Gasteiger partial charge in [-0.1, -0.05) is 12.8 Å². The third-order valence-electron chi connectivity index (χ3n) is 5.95. The number of carbonyl (C=O) groups excluding carboxylic acids is 3. The van der Waals surface area contributed by atoms with Gasteiger partial charge in [0.15, 0.2) is 6.04 Å². The van der Waals surface area contributed by atoms with Crippen molar-refractivity contribution in [3.63, 3.8) is 0 Å². The molecule has 3 aliphatic rings. The van der Waals surface area contributed by atoms with E-state index >= 15 is 0 Å². The second-order valence-electron chi connectivity index (χ2n) is 7.40. The number of likely N-dealkylation sites (tertiary alicyclic amines) is 3. The molecule has 3 amide bonds. The van der Waals surface area contributed by atoms with Crippen LogP contribution in [0.1, 0.15) is 51.9 Å². The van der Waals surface area contributed by atoms with E-state index in [1.165, 1.54) is 22.6 Å². The molecular weight excluding hydrogens is 306 g/mol. The lowest BCUT2D eigenvalue weighted by molar-refractivity contribution is -0.920. The molecule has 1 atom stereocenters. The highest BCUT2D eigenvalue weighted by atomic mass is 16.2. The molecule has 0 aromatic rings. The molecule has 0 aromatic carbocycles. The van der Waals surface area contributed by atoms with E-state index < -0.39 is 0 Å². The molecule has 6 heteroatoms. The minimum Gasteiger partial charge on any atom is -0.342 e. The van der Waals surface area contributed by atoms with Gasteiger partial charge < -0.3 is 9.80 Å². The van der Waals surface area contributed by atoms with Gasteiger partial charge >= 0.3 is 0 Å². The Balaban J connectivity index is 1.53. The molecule has 0 aliphatic carbocycles. The normalized spacial score (nSPS) is 32.1. The van der Waals surface area contributed by atoms with Gasteiger partial charge in [-0.2, -0.15) is 0 Å². The molecule has 0 saturated carbocycles. The molecule has 0 unspecified atom stereocenters. The minimum atomic E-state index is -0.216. The van der Waals surface area contributed by atoms with E-state index in [9.17, 15) is 14.4 Å². The number of likely N-dealkylation sites (N-methyl/N-ethyl adjacent to an activating group) is 1. The van der Waals surface area contributed by atoms with Gasteiger partial charge in [0.1, 0.15) is 0 Å². The second-order valence-corrected chi connectivity index (χ2v) is 7.40. The molecule has 6 nitrogen and oxygen atoms in total. The van der Waals surface area contributed by atoms with Gasteiger partial charge in [0.25, 0.3) is 5.91 Å². The van der Waals surface area contributed by atoms with Crippen LogP contribution in [0.4, 0.5) is 0 Å². The number of piperidine rings is 1. The van der Waals surface area contributed by atoms with E-state index in [4.69, 9.17) is 0 Å². The first-order chi connectivity index (χ1) is 11.6. The van der Waals surface area contributed by atoms with Gasteiger partial charge in [0.2, 0.25) is 11.8 Å². The first kappa shape index (κ1) is 17.4. The van der Waals surface area contributed by atoms with E-state index in [-0.39, 0.29) is 23.8 Å². The SMILES string of the molecule is CCN1C(=O)C[C@@H]([NH+]2CCC(C(=O)N3CCCCCC3)CC2)C1=O. The molecule has 3 fully saturated rings. The summed E-state index contributed by atoms with van der Waals surface area (Å²) in [4.78, 5) is 41.6. The second kappa shape index (κ2) is 7.64. The average Bonchev–Trinajstić information content (AvgIpc) is 2.78. The van der Waals surface area contributed by atoms with Crippen LogP contribution in [0.15, 0.2) is 0 Å². The van der Waals surface area contributed by atoms with Crippen molar-refractivity contribution in [2.75, 3.05) is 32.7 Å². The molecule has 0 radical (unpaired) electrons. The molecule has 3 heterocycles. The van der Waals surface area contributed by atoms with Crippen LogP contribution in [-0.2, 0) is 14.4 Å². The zero-order valence-corrected chi connectivity index (χ0v) is 14.8. The first-order valence-electron chi connectivity index (χ1n) is 9.59. The third-order valence-corrected chi connectivity index (χ3v) is 5.95. The van der Waals surface area contributed by atoms with Gasteiger partial charge in [0, 0.05) is 38.4 Å². The number of rotatable bonds is 3. The van der Waals surface area contributed by atoms with Crippen molar-refractivity contribution in [3.8, 4) is 0 Å². The van der Waals surface area contributed by atoms with Gasteiger partial charge in [-0.15, -0.1) is 0 Å². The molecule has 0 spiro atoms. The Kier molecular flexibility index (Phi) is 5.54. The average molecular weight is 336 g/mol. The highest BCUT2D eigenvalue weighted by molar-refractivity contribution is 6.04. The Labute approximate surface area is 144 Å². The maximum atomic E-state index is 12.7. The lowest BCUT2D eigenvalue weighted by atomic mass is 9.94. The van der Waals surface area contributed by atoms with Crippen molar-refractivity contribution in [2.24, 2.45) is 5.92 Å². The summed E-state index contributed by atoms with van der Waals surface area (Å²) in [5, 5.41) is 0. The molecule has 134 valence electrons. The molecule has 0 aromatic heterocycles. The molecule has 24 heavy (non-hydrogen) atoms. The lowest BCUT2D eigenvalue weighted by Gasteiger charge is -2.33. The van der Waals surface area contributed by atoms with Gasteiger partial charge in [0.05, 0.1) is 19.5 Å². The van der Waals surface area contributed by atoms with Crippen molar-refractivity contribution < 1.29 is 19.3 Å². The van der Waals surface area contributed by atoms with Crippen molar-refractivity contribution >= 4 is 17.7 Å². The molecule has 3 aliphatic heterocycles. The smallest absolute Gasteiger partial charge is 0.287 e. The number of nitrogens with zero attached hydrogens (tertiary/aromatic N) is 2. The van der Waals surface area contributed by atoms with E-state index in [0.29, 0.717) is 18.9 Å². The summed E-state index contributed by atoms with van der Waals surface area (Å²) in [6.07, 6.45) is 6.75. The van der Waals surface area contributed by atoms with Crippen molar-refractivity contribution in [3.05, 3.63) is 0 Å². The number of quaternary nitrogens is 1. The number of hydrogen-bond acceptors (Lipinski definition) is 3. The summed E-state index contributed by atoms with van der Waals surface area (Å²) < 4.78 is 0. The summed E-state index contributed by atoms with van der Waals surface area (Å²) in [5.74, 6) is 0.374. The van der Waals surface area contributed by atoms with E-state index in [0.717, 1.165) is 51.9 Å². The molecule has 3 saturated heterocycles. The molecule has 3 rings (SSSR count). The monoisotopic (exact) mass is 336 g/mol. The fraction of sp³-hybridized carbons (Fsp3) is 0.833. The van der Waals surface area contributed by atoms with Crippen LogP contribution in [0.25, 0.3) is 0 Å². The fourth-order valence-corrected chi connectivity index (χ4v) is 4.47. The topological polar surface area (TPSA) is 62.1 Å². The molecule has 1 N–H and O–H groups in total. The number of carbonyl (C=O) groups is 3. The largest absolute Gasteiger partial charge is 0.342 e. The number of nitrogens with one attached hydrogen (secondary N) is 1. The van der Waals surface area contributed by atoms with Crippen LogP contribution < -0.4 is 4.90 Å². The van der Waals surface area contributed by atoms with Crippen LogP contribution in [0.5, 0.6) is 0 Å². The quantitative estimate of drug-likeness (QED) is 0.728. The highest BCUT2D eigenvalue weighted by Gasteiger charge is 2.45. The maximum Gasteiger partial charge on any atom is 0.287 e. The highest BCUT2D eigenvalue weighted by Crippen LogP contribution is 2.19. The van der Waals surface area contributed by atoms with Crippen LogP contribution in [-0.4, -0.2) is 66.3 Å². The van der Waals surface area contributed by atoms with Crippen molar-refractivity contribution in [2.45, 2.75) is 57.9 Å². The van der Waals surface area contributed by atoms with Crippen LogP contribution in [0.2, 0.25) is 0 Å². The van der Waals surface area contributed by atoms with E-state index in [2.05, 4.69) is 4.90 Å². The van der Waals surface area contributed by atoms with Gasteiger partial charge in [-0.25, -0.2) is 0 Å². The lowest BCUT2D eigenvalue weighted by Crippen LogP contribution is -3.17. The van der Waals surface area contributed by atoms with E-state index in [1.54, 1.807) is 0 Å². The molecule has 0 bridgehead atoms. The Morgan fingerprint density at radius 3 is 2.25 bits per heavy atom. The zero-order valence-electron chi connectivity index (χ0n) is 14.8. The van der Waals surface area contributed by atoms with Gasteiger partial charge in [-0.05, 0) is 19.8 Å². The zero-order chi connectivity index (χ0) is 17.1. The van der Waals surface area contributed by atoms with Crippen LogP contribution in [0, 0.1) is 5.92 Å². The molecular formula is C18H30N3O3+. The maximum absolute atomic E-state index is 12.7. The number of hydrogen-bond donors (Lipinski definition) is 1. The first-order valence-corrected chi connectivity index (χ1v) is 9.59. The van der Waals surface area contributed by atoms with Crippen LogP contribution >= 0.6 is 0 Å². The Hall–Kier alpha value is -1.43. The predicted molar refractivity (Wildman–Crippen MR) is 89.3 cm³/mol. The Bertz CT molecular complexity index is 492. The van der Waals surface area contributed by atoms with E-state index in [1.807, 2.05) is 6.92 Å². The Morgan fingerprint density at radius 2 is 1.71 bits per heavy atom. The summed E-state index contributed by atoms with van der Waals surface area (Å²) in [7, 11) is 0. The third kappa shape index (κ3) is 3.48.